The van der Waals surface area contributed by atoms with Crippen molar-refractivity contribution in [2.75, 3.05) is 29.9 Å². The van der Waals surface area contributed by atoms with Gasteiger partial charge in [-0.05, 0) is 60.1 Å². The van der Waals surface area contributed by atoms with E-state index in [0.717, 1.165) is 22.4 Å². The number of halogens is 1. The van der Waals surface area contributed by atoms with Crippen molar-refractivity contribution in [3.05, 3.63) is 45.1 Å². The lowest BCUT2D eigenvalue weighted by atomic mass is 10.2. The number of thiophene rings is 1. The minimum absolute atomic E-state index is 0.179. The first-order valence-corrected chi connectivity index (χ1v) is 8.77. The minimum atomic E-state index is 0.179. The van der Waals surface area contributed by atoms with Crippen molar-refractivity contribution in [3.8, 4) is 0 Å². The molecule has 0 aliphatic rings. The van der Waals surface area contributed by atoms with E-state index in [1.165, 1.54) is 4.88 Å². The zero-order valence-electron chi connectivity index (χ0n) is 12.3. The fraction of sp³-hybridized carbons (Fsp3) is 0.375. The Bertz CT molecular complexity index is 556. The Morgan fingerprint density at radius 2 is 2.05 bits per heavy atom. The van der Waals surface area contributed by atoms with Gasteiger partial charge in [-0.1, -0.05) is 0 Å². The molecule has 0 saturated carbocycles. The monoisotopic (exact) mass is 368 g/mol. The lowest BCUT2D eigenvalue weighted by Crippen LogP contribution is -2.25. The third kappa shape index (κ3) is 4.46. The first kappa shape index (κ1) is 16.3. The average Bonchev–Trinajstić information content (AvgIpc) is 2.92. The number of anilines is 2. The van der Waals surface area contributed by atoms with Crippen LogP contribution in [0.5, 0.6) is 0 Å². The molecule has 21 heavy (non-hydrogen) atoms. The molecule has 0 aliphatic heterocycles. The Hall–Kier alpha value is -1.04. The maximum atomic E-state index is 9.07. The molecular weight excluding hydrogens is 348 g/mol. The van der Waals surface area contributed by atoms with Crippen LogP contribution >= 0.6 is 27.3 Å². The topological polar surface area (TPSA) is 35.5 Å². The predicted octanol–water partition coefficient (Wildman–Crippen LogP) is 4.50. The molecule has 1 atom stereocenters. The van der Waals surface area contributed by atoms with Gasteiger partial charge in [0.15, 0.2) is 0 Å². The Labute approximate surface area is 138 Å². The summed E-state index contributed by atoms with van der Waals surface area (Å²) in [5, 5.41) is 14.7. The Morgan fingerprint density at radius 3 is 2.57 bits per heavy atom. The largest absolute Gasteiger partial charge is 0.395 e. The lowest BCUT2D eigenvalue weighted by molar-refractivity contribution is 0.302. The normalized spacial score (nSPS) is 12.2. The number of nitrogens with one attached hydrogen (secondary N) is 1. The number of likely N-dealkylation sites (N-methyl/N-ethyl adjacent to an activating group) is 1. The summed E-state index contributed by atoms with van der Waals surface area (Å²) in [5.41, 5.74) is 2.25. The van der Waals surface area contributed by atoms with Crippen LogP contribution in [0.15, 0.2) is 40.2 Å². The number of hydrogen-bond acceptors (Lipinski definition) is 4. The van der Waals surface area contributed by atoms with Crippen molar-refractivity contribution < 1.29 is 5.11 Å². The van der Waals surface area contributed by atoms with Crippen LogP contribution in [-0.2, 0) is 0 Å². The number of rotatable bonds is 7. The summed E-state index contributed by atoms with van der Waals surface area (Å²) in [4.78, 5) is 3.46. The Balaban J connectivity index is 2.02. The number of nitrogens with zero attached hydrogens (tertiary/aromatic N) is 1. The molecule has 0 aliphatic carbocycles. The van der Waals surface area contributed by atoms with Gasteiger partial charge < -0.3 is 15.3 Å². The van der Waals surface area contributed by atoms with Gasteiger partial charge in [-0.2, -0.15) is 0 Å². The van der Waals surface area contributed by atoms with Crippen LogP contribution in [0.25, 0.3) is 0 Å². The van der Waals surface area contributed by atoms with Crippen molar-refractivity contribution in [3.63, 3.8) is 0 Å². The molecule has 0 radical (unpaired) electrons. The summed E-state index contributed by atoms with van der Waals surface area (Å²) in [7, 11) is 0. The zero-order valence-corrected chi connectivity index (χ0v) is 14.7. The van der Waals surface area contributed by atoms with E-state index in [1.807, 2.05) is 0 Å². The van der Waals surface area contributed by atoms with Crippen molar-refractivity contribution in [2.24, 2.45) is 0 Å². The molecule has 1 aromatic carbocycles. The maximum Gasteiger partial charge on any atom is 0.0606 e. The third-order valence-corrected chi connectivity index (χ3v) is 5.26. The summed E-state index contributed by atoms with van der Waals surface area (Å²) in [6, 6.07) is 10.8. The van der Waals surface area contributed by atoms with Gasteiger partial charge in [0.1, 0.15) is 0 Å². The van der Waals surface area contributed by atoms with Crippen LogP contribution < -0.4 is 10.2 Å². The molecule has 1 heterocycles. The van der Waals surface area contributed by atoms with Crippen LogP contribution in [-0.4, -0.2) is 24.8 Å². The molecule has 0 spiro atoms. The summed E-state index contributed by atoms with van der Waals surface area (Å²) >= 11 is 5.24. The van der Waals surface area contributed by atoms with Gasteiger partial charge in [-0.3, -0.25) is 0 Å². The van der Waals surface area contributed by atoms with Crippen LogP contribution in [0, 0.1) is 0 Å². The number of aliphatic hydroxyl groups excluding tert-OH is 1. The Morgan fingerprint density at radius 1 is 1.33 bits per heavy atom. The van der Waals surface area contributed by atoms with E-state index < -0.39 is 0 Å². The first-order valence-electron chi connectivity index (χ1n) is 7.10. The van der Waals surface area contributed by atoms with E-state index in [0.29, 0.717) is 6.54 Å². The van der Waals surface area contributed by atoms with Gasteiger partial charge in [0.05, 0.1) is 12.6 Å². The van der Waals surface area contributed by atoms with E-state index in [1.54, 1.807) is 11.3 Å². The molecule has 0 amide bonds. The molecule has 2 N–H and O–H groups in total. The van der Waals surface area contributed by atoms with Crippen LogP contribution in [0.4, 0.5) is 11.4 Å². The molecular formula is C16H21BrN2OS. The molecule has 0 bridgehead atoms. The van der Waals surface area contributed by atoms with Gasteiger partial charge in [0.2, 0.25) is 0 Å². The Kier molecular flexibility index (Phi) is 6.08. The highest BCUT2D eigenvalue weighted by molar-refractivity contribution is 9.10. The smallest absolute Gasteiger partial charge is 0.0606 e. The summed E-state index contributed by atoms with van der Waals surface area (Å²) in [5.74, 6) is 0. The summed E-state index contributed by atoms with van der Waals surface area (Å²) < 4.78 is 1.13. The van der Waals surface area contributed by atoms with Gasteiger partial charge in [-0.25, -0.2) is 0 Å². The van der Waals surface area contributed by atoms with E-state index >= 15 is 0 Å². The molecule has 3 nitrogen and oxygen atoms in total. The van der Waals surface area contributed by atoms with Gasteiger partial charge >= 0.3 is 0 Å². The molecule has 114 valence electrons. The van der Waals surface area contributed by atoms with Crippen LogP contribution in [0.1, 0.15) is 24.8 Å². The summed E-state index contributed by atoms with van der Waals surface area (Å²) in [6.07, 6.45) is 0. The van der Waals surface area contributed by atoms with E-state index in [4.69, 9.17) is 5.11 Å². The highest BCUT2D eigenvalue weighted by Gasteiger charge is 2.08. The molecule has 2 aromatic rings. The second-order valence-electron chi connectivity index (χ2n) is 4.88. The predicted molar refractivity (Wildman–Crippen MR) is 95.5 cm³/mol. The van der Waals surface area contributed by atoms with Crippen LogP contribution in [0.2, 0.25) is 0 Å². The second-order valence-corrected chi connectivity index (χ2v) is 6.74. The molecule has 1 aromatic heterocycles. The van der Waals surface area contributed by atoms with Gasteiger partial charge in [-0.15, -0.1) is 11.3 Å². The lowest BCUT2D eigenvalue weighted by Gasteiger charge is -2.22. The molecule has 1 unspecified atom stereocenters. The quantitative estimate of drug-likeness (QED) is 0.754. The number of hydrogen-bond donors (Lipinski definition) is 2. The molecule has 5 heteroatoms. The van der Waals surface area contributed by atoms with Crippen molar-refractivity contribution >= 4 is 38.6 Å². The standard InChI is InChI=1S/C16H21BrN2OS/c1-3-19(8-9-20)15-6-4-14(5-7-15)18-12(2)16-10-13(17)11-21-16/h4-7,10-12,18,20H,3,8-9H2,1-2H3. The number of aliphatic hydroxyl groups is 1. The van der Waals surface area contributed by atoms with Gasteiger partial charge in [0.25, 0.3) is 0 Å². The van der Waals surface area contributed by atoms with Gasteiger partial charge in [0, 0.05) is 39.2 Å². The van der Waals surface area contributed by atoms with E-state index in [-0.39, 0.29) is 12.6 Å². The molecule has 0 fully saturated rings. The second kappa shape index (κ2) is 7.82. The molecule has 0 saturated heterocycles. The minimum Gasteiger partial charge on any atom is -0.395 e. The number of benzene rings is 1. The van der Waals surface area contributed by atoms with Crippen molar-refractivity contribution in [2.45, 2.75) is 19.9 Å². The summed E-state index contributed by atoms with van der Waals surface area (Å²) in [6.45, 7) is 6.00. The fourth-order valence-corrected chi connectivity index (χ4v) is 3.69. The average molecular weight is 369 g/mol. The molecule has 2 rings (SSSR count). The van der Waals surface area contributed by atoms with Crippen molar-refractivity contribution in [1.29, 1.82) is 0 Å². The van der Waals surface area contributed by atoms with Crippen molar-refractivity contribution in [1.82, 2.24) is 0 Å². The third-order valence-electron chi connectivity index (χ3n) is 3.38. The SMILES string of the molecule is CCN(CCO)c1ccc(NC(C)c2cc(Br)cs2)cc1. The first-order chi connectivity index (χ1) is 10.1. The van der Waals surface area contributed by atoms with E-state index in [9.17, 15) is 0 Å². The maximum absolute atomic E-state index is 9.07. The zero-order chi connectivity index (χ0) is 15.2. The van der Waals surface area contributed by atoms with Crippen LogP contribution in [0.3, 0.4) is 0 Å². The fourth-order valence-electron chi connectivity index (χ4n) is 2.24. The van der Waals surface area contributed by atoms with E-state index in [2.05, 4.69) is 75.7 Å². The highest BCUT2D eigenvalue weighted by atomic mass is 79.9. The highest BCUT2D eigenvalue weighted by Crippen LogP contribution is 2.28.